The minimum atomic E-state index is -0.494. The second-order valence-corrected chi connectivity index (χ2v) is 4.48. The molecule has 0 spiro atoms. The van der Waals surface area contributed by atoms with E-state index in [0.29, 0.717) is 16.0 Å². The number of ether oxygens (including phenoxy) is 2. The molecule has 5 nitrogen and oxygen atoms in total. The van der Waals surface area contributed by atoms with Crippen LogP contribution in [0.1, 0.15) is 0 Å². The summed E-state index contributed by atoms with van der Waals surface area (Å²) in [5.41, 5.74) is -0.114. The zero-order valence-electron chi connectivity index (χ0n) is 10.00. The molecule has 0 aliphatic heterocycles. The van der Waals surface area contributed by atoms with Crippen LogP contribution in [0.25, 0.3) is 0 Å². The fourth-order valence-corrected chi connectivity index (χ4v) is 1.87. The van der Waals surface area contributed by atoms with Gasteiger partial charge in [-0.1, -0.05) is 12.1 Å². The zero-order valence-corrected chi connectivity index (χ0v) is 11.6. The Morgan fingerprint density at radius 1 is 1.16 bits per heavy atom. The SMILES string of the molecule is COc1ccc([N+](=O)[O-])c(Oc2ccccc2Br)c1. The van der Waals surface area contributed by atoms with Gasteiger partial charge in [0.1, 0.15) is 11.5 Å². The first-order chi connectivity index (χ1) is 9.11. The number of hydrogen-bond acceptors (Lipinski definition) is 4. The first-order valence-corrected chi connectivity index (χ1v) is 6.16. The average molecular weight is 324 g/mol. The van der Waals surface area contributed by atoms with Crippen molar-refractivity contribution in [3.8, 4) is 17.2 Å². The van der Waals surface area contributed by atoms with Crippen molar-refractivity contribution in [3.63, 3.8) is 0 Å². The predicted molar refractivity (Wildman–Crippen MR) is 73.9 cm³/mol. The fraction of sp³-hybridized carbons (Fsp3) is 0.0769. The molecule has 19 heavy (non-hydrogen) atoms. The van der Waals surface area contributed by atoms with E-state index in [-0.39, 0.29) is 11.4 Å². The Morgan fingerprint density at radius 3 is 2.53 bits per heavy atom. The molecule has 0 aromatic heterocycles. The maximum absolute atomic E-state index is 11.0. The molecule has 0 heterocycles. The van der Waals surface area contributed by atoms with Crippen LogP contribution >= 0.6 is 15.9 Å². The molecule has 6 heteroatoms. The van der Waals surface area contributed by atoms with E-state index in [1.165, 1.54) is 25.3 Å². The Balaban J connectivity index is 2.43. The van der Waals surface area contributed by atoms with E-state index in [9.17, 15) is 10.1 Å². The Bertz CT molecular complexity index is 615. The molecule has 98 valence electrons. The first kappa shape index (κ1) is 13.4. The largest absolute Gasteiger partial charge is 0.497 e. The molecular formula is C13H10BrNO4. The van der Waals surface area contributed by atoms with Crippen molar-refractivity contribution in [3.05, 3.63) is 57.1 Å². The molecule has 0 bridgehead atoms. The summed E-state index contributed by atoms with van der Waals surface area (Å²) in [5, 5.41) is 11.0. The van der Waals surface area contributed by atoms with Crippen LogP contribution in [0.5, 0.6) is 17.2 Å². The molecule has 0 saturated carbocycles. The van der Waals surface area contributed by atoms with Gasteiger partial charge in [0.25, 0.3) is 0 Å². The van der Waals surface area contributed by atoms with E-state index in [4.69, 9.17) is 9.47 Å². The predicted octanol–water partition coefficient (Wildman–Crippen LogP) is 4.16. The molecule has 0 radical (unpaired) electrons. The Labute approximate surface area is 118 Å². The molecule has 2 rings (SSSR count). The second-order valence-electron chi connectivity index (χ2n) is 3.62. The third-order valence-corrected chi connectivity index (χ3v) is 3.08. The minimum Gasteiger partial charge on any atom is -0.497 e. The van der Waals surface area contributed by atoms with Crippen LogP contribution in [-0.2, 0) is 0 Å². The molecule has 0 unspecified atom stereocenters. The summed E-state index contributed by atoms with van der Waals surface area (Å²) in [5.74, 6) is 1.13. The standard InChI is InChI=1S/C13H10BrNO4/c1-18-9-6-7-11(15(16)17)13(8-9)19-12-5-3-2-4-10(12)14/h2-8H,1H3. The summed E-state index contributed by atoms with van der Waals surface area (Å²) in [6.45, 7) is 0. The average Bonchev–Trinajstić information content (AvgIpc) is 2.41. The molecule has 0 aliphatic rings. The van der Waals surface area contributed by atoms with Gasteiger partial charge < -0.3 is 9.47 Å². The number of hydrogen-bond donors (Lipinski definition) is 0. The van der Waals surface area contributed by atoms with Gasteiger partial charge in [-0.05, 0) is 34.1 Å². The van der Waals surface area contributed by atoms with Crippen LogP contribution in [0.15, 0.2) is 46.9 Å². The zero-order chi connectivity index (χ0) is 13.8. The highest BCUT2D eigenvalue weighted by atomic mass is 79.9. The summed E-state index contributed by atoms with van der Waals surface area (Å²) >= 11 is 3.32. The summed E-state index contributed by atoms with van der Waals surface area (Å²) in [7, 11) is 1.49. The van der Waals surface area contributed by atoms with Crippen molar-refractivity contribution in [1.29, 1.82) is 0 Å². The first-order valence-electron chi connectivity index (χ1n) is 5.36. The van der Waals surface area contributed by atoms with Gasteiger partial charge in [0.2, 0.25) is 5.75 Å². The molecular weight excluding hydrogens is 314 g/mol. The van der Waals surface area contributed by atoms with Crippen LogP contribution in [0.4, 0.5) is 5.69 Å². The smallest absolute Gasteiger partial charge is 0.311 e. The molecule has 0 atom stereocenters. The van der Waals surface area contributed by atoms with Gasteiger partial charge in [0.15, 0.2) is 0 Å². The number of halogens is 1. The van der Waals surface area contributed by atoms with E-state index >= 15 is 0 Å². The van der Waals surface area contributed by atoms with Crippen LogP contribution in [0.2, 0.25) is 0 Å². The van der Waals surface area contributed by atoms with E-state index in [1.807, 2.05) is 6.07 Å². The van der Waals surface area contributed by atoms with E-state index in [0.717, 1.165) is 0 Å². The van der Waals surface area contributed by atoms with Gasteiger partial charge in [-0.15, -0.1) is 0 Å². The summed E-state index contributed by atoms with van der Waals surface area (Å²) in [4.78, 5) is 10.5. The van der Waals surface area contributed by atoms with Crippen molar-refractivity contribution < 1.29 is 14.4 Å². The van der Waals surface area contributed by atoms with Crippen LogP contribution in [0, 0.1) is 10.1 Å². The number of nitro groups is 1. The van der Waals surface area contributed by atoms with Crippen LogP contribution in [-0.4, -0.2) is 12.0 Å². The normalized spacial score (nSPS) is 10.0. The lowest BCUT2D eigenvalue weighted by Crippen LogP contribution is -1.95. The number of para-hydroxylation sites is 1. The molecule has 0 aliphatic carbocycles. The lowest BCUT2D eigenvalue weighted by atomic mass is 10.2. The van der Waals surface area contributed by atoms with Crippen LogP contribution < -0.4 is 9.47 Å². The monoisotopic (exact) mass is 323 g/mol. The highest BCUT2D eigenvalue weighted by Crippen LogP contribution is 2.37. The maximum atomic E-state index is 11.0. The summed E-state index contributed by atoms with van der Waals surface area (Å²) in [6.07, 6.45) is 0. The Kier molecular flexibility index (Phi) is 4.01. The molecule has 0 N–H and O–H groups in total. The number of nitrogens with zero attached hydrogens (tertiary/aromatic N) is 1. The minimum absolute atomic E-state index is 0.114. The van der Waals surface area contributed by atoms with Gasteiger partial charge in [-0.3, -0.25) is 10.1 Å². The van der Waals surface area contributed by atoms with Gasteiger partial charge in [0.05, 0.1) is 16.5 Å². The Hall–Kier alpha value is -2.08. The second kappa shape index (κ2) is 5.71. The molecule has 0 saturated heterocycles. The number of methoxy groups -OCH3 is 1. The quantitative estimate of drug-likeness (QED) is 0.626. The van der Waals surface area contributed by atoms with Crippen molar-refractivity contribution >= 4 is 21.6 Å². The summed E-state index contributed by atoms with van der Waals surface area (Å²) < 4.78 is 11.3. The number of benzene rings is 2. The number of nitro benzene ring substituents is 1. The van der Waals surface area contributed by atoms with E-state index < -0.39 is 4.92 Å². The van der Waals surface area contributed by atoms with Crippen LogP contribution in [0.3, 0.4) is 0 Å². The molecule has 2 aromatic rings. The van der Waals surface area contributed by atoms with E-state index in [1.54, 1.807) is 18.2 Å². The lowest BCUT2D eigenvalue weighted by molar-refractivity contribution is -0.385. The lowest BCUT2D eigenvalue weighted by Gasteiger charge is -2.09. The third-order valence-electron chi connectivity index (χ3n) is 2.42. The van der Waals surface area contributed by atoms with Crippen molar-refractivity contribution in [1.82, 2.24) is 0 Å². The Morgan fingerprint density at radius 2 is 1.89 bits per heavy atom. The van der Waals surface area contributed by atoms with Gasteiger partial charge in [0, 0.05) is 12.1 Å². The van der Waals surface area contributed by atoms with Crippen molar-refractivity contribution in [2.75, 3.05) is 7.11 Å². The van der Waals surface area contributed by atoms with Gasteiger partial charge >= 0.3 is 5.69 Å². The third kappa shape index (κ3) is 3.03. The molecule has 0 amide bonds. The highest BCUT2D eigenvalue weighted by Gasteiger charge is 2.17. The van der Waals surface area contributed by atoms with Gasteiger partial charge in [-0.25, -0.2) is 0 Å². The van der Waals surface area contributed by atoms with Gasteiger partial charge in [-0.2, -0.15) is 0 Å². The van der Waals surface area contributed by atoms with E-state index in [2.05, 4.69) is 15.9 Å². The topological polar surface area (TPSA) is 61.6 Å². The van der Waals surface area contributed by atoms with Crippen molar-refractivity contribution in [2.24, 2.45) is 0 Å². The number of rotatable bonds is 4. The molecule has 0 fully saturated rings. The van der Waals surface area contributed by atoms with Crippen molar-refractivity contribution in [2.45, 2.75) is 0 Å². The molecule has 2 aromatic carbocycles. The highest BCUT2D eigenvalue weighted by molar-refractivity contribution is 9.10. The summed E-state index contributed by atoms with van der Waals surface area (Å²) in [6, 6.07) is 11.5. The maximum Gasteiger partial charge on any atom is 0.311 e. The fourth-order valence-electron chi connectivity index (χ4n) is 1.50.